The van der Waals surface area contributed by atoms with Crippen LogP contribution in [0.4, 0.5) is 4.39 Å². The third kappa shape index (κ3) is 2.55. The van der Waals surface area contributed by atoms with Crippen molar-refractivity contribution in [3.05, 3.63) is 35.1 Å². The van der Waals surface area contributed by atoms with Gasteiger partial charge in [0.15, 0.2) is 0 Å². The van der Waals surface area contributed by atoms with Crippen molar-refractivity contribution in [3.63, 3.8) is 0 Å². The first-order valence-corrected chi connectivity index (χ1v) is 4.73. The van der Waals surface area contributed by atoms with Crippen molar-refractivity contribution in [2.75, 3.05) is 0 Å². The molecule has 86 valence electrons. The molecule has 0 aliphatic rings. The quantitative estimate of drug-likeness (QED) is 0.701. The van der Waals surface area contributed by atoms with Crippen LogP contribution in [-0.2, 0) is 6.61 Å². The summed E-state index contributed by atoms with van der Waals surface area (Å²) in [6.45, 7) is -0.485. The van der Waals surface area contributed by atoms with Crippen LogP contribution in [0.3, 0.4) is 0 Å². The van der Waals surface area contributed by atoms with Crippen LogP contribution >= 0.6 is 0 Å². The van der Waals surface area contributed by atoms with Gasteiger partial charge in [-0.3, -0.25) is 0 Å². The van der Waals surface area contributed by atoms with Gasteiger partial charge in [0.05, 0.1) is 25.2 Å². The fraction of sp³-hybridized carbons (Fsp3) is 0.364. The molecule has 0 saturated heterocycles. The van der Waals surface area contributed by atoms with E-state index in [2.05, 4.69) is 0 Å². The highest BCUT2D eigenvalue weighted by molar-refractivity contribution is 5.28. The highest BCUT2D eigenvalue weighted by Gasteiger charge is 2.22. The number of nitrogens with zero attached hydrogens (tertiary/aromatic N) is 1. The number of nitriles is 1. The minimum absolute atomic E-state index is 0.0423. The van der Waals surface area contributed by atoms with Crippen LogP contribution in [0.2, 0.25) is 0 Å². The van der Waals surface area contributed by atoms with E-state index in [0.29, 0.717) is 0 Å². The number of hydrogen-bond donors (Lipinski definition) is 3. The molecule has 4 nitrogen and oxygen atoms in total. The molecule has 0 aliphatic carbocycles. The molecule has 16 heavy (non-hydrogen) atoms. The molecular weight excluding hydrogens is 213 g/mol. The molecule has 3 N–H and O–H groups in total. The van der Waals surface area contributed by atoms with E-state index in [4.69, 9.17) is 10.4 Å². The van der Waals surface area contributed by atoms with Gasteiger partial charge in [0.2, 0.25) is 0 Å². The molecule has 0 radical (unpaired) electrons. The van der Waals surface area contributed by atoms with Crippen LogP contribution in [0.25, 0.3) is 0 Å². The van der Waals surface area contributed by atoms with Gasteiger partial charge >= 0.3 is 0 Å². The Morgan fingerprint density at radius 3 is 2.62 bits per heavy atom. The van der Waals surface area contributed by atoms with E-state index in [1.807, 2.05) is 0 Å². The molecule has 0 aliphatic heterocycles. The second kappa shape index (κ2) is 5.56. The van der Waals surface area contributed by atoms with E-state index in [1.165, 1.54) is 18.2 Å². The number of aliphatic hydroxyl groups excluding tert-OH is 3. The zero-order valence-electron chi connectivity index (χ0n) is 8.47. The van der Waals surface area contributed by atoms with Gasteiger partial charge in [0.1, 0.15) is 11.9 Å². The van der Waals surface area contributed by atoms with Gasteiger partial charge < -0.3 is 15.3 Å². The molecule has 1 rings (SSSR count). The van der Waals surface area contributed by atoms with Crippen molar-refractivity contribution >= 4 is 0 Å². The maximum atomic E-state index is 13.6. The zero-order chi connectivity index (χ0) is 12.1. The maximum absolute atomic E-state index is 13.6. The van der Waals surface area contributed by atoms with E-state index in [9.17, 15) is 14.6 Å². The fourth-order valence-electron chi connectivity index (χ4n) is 1.36. The highest BCUT2D eigenvalue weighted by atomic mass is 19.1. The largest absolute Gasteiger partial charge is 0.392 e. The normalized spacial score (nSPS) is 14.2. The van der Waals surface area contributed by atoms with Gasteiger partial charge in [-0.25, -0.2) is 4.39 Å². The average Bonchev–Trinajstić information content (AvgIpc) is 2.29. The summed E-state index contributed by atoms with van der Waals surface area (Å²) in [4.78, 5) is 0. The van der Waals surface area contributed by atoms with Crippen molar-refractivity contribution in [1.82, 2.24) is 0 Å². The smallest absolute Gasteiger partial charge is 0.134 e. The molecule has 0 amide bonds. The van der Waals surface area contributed by atoms with E-state index >= 15 is 0 Å². The van der Waals surface area contributed by atoms with E-state index in [1.54, 1.807) is 6.07 Å². The molecule has 0 saturated carbocycles. The van der Waals surface area contributed by atoms with Crippen LogP contribution in [0.15, 0.2) is 18.2 Å². The second-order valence-corrected chi connectivity index (χ2v) is 3.35. The van der Waals surface area contributed by atoms with Crippen molar-refractivity contribution in [2.45, 2.75) is 25.2 Å². The first-order chi connectivity index (χ1) is 7.61. The molecule has 0 spiro atoms. The SMILES string of the molecule is N#CCC(O)C(O)c1cccc(CO)c1F. The summed E-state index contributed by atoms with van der Waals surface area (Å²) in [5.41, 5.74) is -0.0741. The molecule has 0 fully saturated rings. The Morgan fingerprint density at radius 2 is 2.06 bits per heavy atom. The van der Waals surface area contributed by atoms with Crippen LogP contribution in [-0.4, -0.2) is 21.4 Å². The van der Waals surface area contributed by atoms with Crippen LogP contribution in [0.5, 0.6) is 0 Å². The Morgan fingerprint density at radius 1 is 1.38 bits per heavy atom. The number of rotatable bonds is 4. The molecule has 5 heteroatoms. The fourth-order valence-corrected chi connectivity index (χ4v) is 1.36. The summed E-state index contributed by atoms with van der Waals surface area (Å²) in [5, 5.41) is 36.1. The Labute approximate surface area is 92.2 Å². The molecule has 0 aromatic heterocycles. The van der Waals surface area contributed by atoms with Gasteiger partial charge in [0.25, 0.3) is 0 Å². The minimum atomic E-state index is -1.47. The lowest BCUT2D eigenvalue weighted by atomic mass is 10.00. The minimum Gasteiger partial charge on any atom is -0.392 e. The topological polar surface area (TPSA) is 84.5 Å². The van der Waals surface area contributed by atoms with E-state index < -0.39 is 24.6 Å². The van der Waals surface area contributed by atoms with Gasteiger partial charge in [0, 0.05) is 11.1 Å². The van der Waals surface area contributed by atoms with Crippen molar-refractivity contribution in [2.24, 2.45) is 0 Å². The lowest BCUT2D eigenvalue weighted by Crippen LogP contribution is -2.19. The summed E-state index contributed by atoms with van der Waals surface area (Å²) in [7, 11) is 0. The summed E-state index contributed by atoms with van der Waals surface area (Å²) in [5.74, 6) is -0.755. The summed E-state index contributed by atoms with van der Waals surface area (Å²) in [6.07, 6.45) is -3.09. The molecular formula is C11H12FNO3. The molecule has 2 atom stereocenters. The lowest BCUT2D eigenvalue weighted by molar-refractivity contribution is 0.0193. The first kappa shape index (κ1) is 12.6. The molecule has 1 aromatic carbocycles. The zero-order valence-corrected chi connectivity index (χ0v) is 8.47. The van der Waals surface area contributed by atoms with Gasteiger partial charge in [-0.1, -0.05) is 18.2 Å². The maximum Gasteiger partial charge on any atom is 0.134 e. The second-order valence-electron chi connectivity index (χ2n) is 3.35. The van der Waals surface area contributed by atoms with Crippen molar-refractivity contribution in [1.29, 1.82) is 5.26 Å². The van der Waals surface area contributed by atoms with E-state index in [-0.39, 0.29) is 17.5 Å². The number of hydrogen-bond acceptors (Lipinski definition) is 4. The number of halogens is 1. The van der Waals surface area contributed by atoms with Crippen molar-refractivity contribution in [3.8, 4) is 6.07 Å². The van der Waals surface area contributed by atoms with Gasteiger partial charge in [-0.05, 0) is 0 Å². The third-order valence-corrected chi connectivity index (χ3v) is 2.26. The van der Waals surface area contributed by atoms with Gasteiger partial charge in [-0.15, -0.1) is 0 Å². The van der Waals surface area contributed by atoms with Gasteiger partial charge in [-0.2, -0.15) is 5.26 Å². The lowest BCUT2D eigenvalue weighted by Gasteiger charge is -2.17. The highest BCUT2D eigenvalue weighted by Crippen LogP contribution is 2.23. The predicted octanol–water partition coefficient (Wildman–Crippen LogP) is 0.626. The van der Waals surface area contributed by atoms with Crippen LogP contribution in [0.1, 0.15) is 23.7 Å². The van der Waals surface area contributed by atoms with Crippen LogP contribution < -0.4 is 0 Å². The molecule has 1 aromatic rings. The standard InChI is InChI=1S/C11H12FNO3/c12-10-7(6-14)2-1-3-8(10)11(16)9(15)4-5-13/h1-3,9,11,14-16H,4,6H2. The predicted molar refractivity (Wildman–Crippen MR) is 53.5 cm³/mol. The Kier molecular flexibility index (Phi) is 4.38. The van der Waals surface area contributed by atoms with Crippen LogP contribution in [0, 0.1) is 17.1 Å². The molecule has 0 bridgehead atoms. The van der Waals surface area contributed by atoms with E-state index in [0.717, 1.165) is 0 Å². The van der Waals surface area contributed by atoms with Crippen molar-refractivity contribution < 1.29 is 19.7 Å². The third-order valence-electron chi connectivity index (χ3n) is 2.26. The summed E-state index contributed by atoms with van der Waals surface area (Å²) in [6, 6.07) is 5.83. The number of benzene rings is 1. The summed E-state index contributed by atoms with van der Waals surface area (Å²) >= 11 is 0. The first-order valence-electron chi connectivity index (χ1n) is 4.73. The Balaban J connectivity index is 3.00. The Bertz CT molecular complexity index is 403. The monoisotopic (exact) mass is 225 g/mol. The average molecular weight is 225 g/mol. The molecule has 2 unspecified atom stereocenters. The Hall–Kier alpha value is -1.48. The molecule has 0 heterocycles. The number of aliphatic hydroxyl groups is 3. The summed E-state index contributed by atoms with van der Waals surface area (Å²) < 4.78 is 13.6.